The summed E-state index contributed by atoms with van der Waals surface area (Å²) < 4.78 is 5.26. The van der Waals surface area contributed by atoms with Crippen molar-refractivity contribution in [3.63, 3.8) is 0 Å². The molecule has 1 atom stereocenters. The van der Waals surface area contributed by atoms with Crippen molar-refractivity contribution in [3.8, 4) is 0 Å². The van der Waals surface area contributed by atoms with E-state index in [1.807, 2.05) is 5.01 Å². The molecule has 0 aromatic heterocycles. The SMILES string of the molecule is CC(=O)N(N1CCOCC1)C(C)(N)CCCC(=O)O. The first-order chi connectivity index (χ1) is 8.84. The zero-order chi connectivity index (χ0) is 14.5. The fraction of sp³-hybridized carbons (Fsp3) is 0.833. The lowest BCUT2D eigenvalue weighted by Gasteiger charge is -2.46. The number of hydrazine groups is 1. The zero-order valence-corrected chi connectivity index (χ0v) is 11.6. The number of carbonyl (C=O) groups is 2. The number of hydrogen-bond donors (Lipinski definition) is 2. The van der Waals surface area contributed by atoms with Gasteiger partial charge in [-0.2, -0.15) is 0 Å². The van der Waals surface area contributed by atoms with Crippen molar-refractivity contribution in [2.24, 2.45) is 5.73 Å². The number of morpholine rings is 1. The van der Waals surface area contributed by atoms with Crippen LogP contribution in [-0.2, 0) is 14.3 Å². The minimum atomic E-state index is -0.876. The Kier molecular flexibility index (Phi) is 5.71. The smallest absolute Gasteiger partial charge is 0.303 e. The molecule has 0 saturated carbocycles. The van der Waals surface area contributed by atoms with Crippen molar-refractivity contribution in [1.29, 1.82) is 0 Å². The van der Waals surface area contributed by atoms with Crippen LogP contribution in [0.2, 0.25) is 0 Å². The molecule has 0 spiro atoms. The molecule has 1 heterocycles. The number of aliphatic carboxylic acids is 1. The summed E-state index contributed by atoms with van der Waals surface area (Å²) in [5.74, 6) is -0.987. The Morgan fingerprint density at radius 1 is 1.42 bits per heavy atom. The number of hydrogen-bond acceptors (Lipinski definition) is 5. The Bertz CT molecular complexity index is 327. The van der Waals surface area contributed by atoms with E-state index in [9.17, 15) is 9.59 Å². The zero-order valence-electron chi connectivity index (χ0n) is 11.6. The van der Waals surface area contributed by atoms with E-state index in [2.05, 4.69) is 0 Å². The lowest BCUT2D eigenvalue weighted by molar-refractivity contribution is -0.175. The summed E-state index contributed by atoms with van der Waals surface area (Å²) in [6.07, 6.45) is 0.939. The molecular formula is C12H23N3O4. The minimum absolute atomic E-state index is 0.0572. The molecule has 0 bridgehead atoms. The highest BCUT2D eigenvalue weighted by molar-refractivity contribution is 5.73. The third-order valence-electron chi connectivity index (χ3n) is 3.13. The molecule has 1 aliphatic heterocycles. The molecule has 3 N–H and O–H groups in total. The number of carboxylic acids is 1. The molecular weight excluding hydrogens is 250 g/mol. The molecule has 7 heteroatoms. The third kappa shape index (κ3) is 4.77. The molecule has 0 aromatic carbocycles. The van der Waals surface area contributed by atoms with Gasteiger partial charge in [-0.15, -0.1) is 0 Å². The molecule has 0 aliphatic carbocycles. The maximum absolute atomic E-state index is 11.8. The minimum Gasteiger partial charge on any atom is -0.481 e. The van der Waals surface area contributed by atoms with Gasteiger partial charge >= 0.3 is 5.97 Å². The summed E-state index contributed by atoms with van der Waals surface area (Å²) in [7, 11) is 0. The summed E-state index contributed by atoms with van der Waals surface area (Å²) in [6.45, 7) is 5.59. The van der Waals surface area contributed by atoms with Gasteiger partial charge in [0.2, 0.25) is 5.91 Å². The van der Waals surface area contributed by atoms with Gasteiger partial charge in [-0.05, 0) is 19.8 Å². The predicted molar refractivity (Wildman–Crippen MR) is 69.0 cm³/mol. The number of carboxylic acid groups (broad SMARTS) is 1. The van der Waals surface area contributed by atoms with Crippen LogP contribution in [0.25, 0.3) is 0 Å². The van der Waals surface area contributed by atoms with Gasteiger partial charge in [-0.1, -0.05) is 0 Å². The highest BCUT2D eigenvalue weighted by Crippen LogP contribution is 2.20. The van der Waals surface area contributed by atoms with Crippen LogP contribution in [0, 0.1) is 0 Å². The average molecular weight is 273 g/mol. The van der Waals surface area contributed by atoms with E-state index in [-0.39, 0.29) is 12.3 Å². The molecule has 1 unspecified atom stereocenters. The van der Waals surface area contributed by atoms with E-state index >= 15 is 0 Å². The summed E-state index contributed by atoms with van der Waals surface area (Å²) in [4.78, 5) is 22.4. The number of amides is 1. The van der Waals surface area contributed by atoms with E-state index in [1.54, 1.807) is 6.92 Å². The van der Waals surface area contributed by atoms with Gasteiger partial charge in [-0.25, -0.2) is 5.01 Å². The molecule has 1 amide bonds. The largest absolute Gasteiger partial charge is 0.481 e. The fourth-order valence-electron chi connectivity index (χ4n) is 2.34. The van der Waals surface area contributed by atoms with Crippen LogP contribution in [0.4, 0.5) is 0 Å². The molecule has 19 heavy (non-hydrogen) atoms. The van der Waals surface area contributed by atoms with E-state index in [1.165, 1.54) is 11.9 Å². The van der Waals surface area contributed by atoms with Crippen LogP contribution in [0.3, 0.4) is 0 Å². The molecule has 110 valence electrons. The molecule has 0 radical (unpaired) electrons. The monoisotopic (exact) mass is 273 g/mol. The number of nitrogens with zero attached hydrogens (tertiary/aromatic N) is 2. The van der Waals surface area contributed by atoms with Crippen LogP contribution < -0.4 is 5.73 Å². The first kappa shape index (κ1) is 15.9. The lowest BCUT2D eigenvalue weighted by Crippen LogP contribution is -2.64. The third-order valence-corrected chi connectivity index (χ3v) is 3.13. The van der Waals surface area contributed by atoms with Gasteiger partial charge in [0.15, 0.2) is 0 Å². The van der Waals surface area contributed by atoms with Crippen molar-refractivity contribution in [3.05, 3.63) is 0 Å². The van der Waals surface area contributed by atoms with Gasteiger partial charge < -0.3 is 15.6 Å². The molecule has 7 nitrogen and oxygen atoms in total. The van der Waals surface area contributed by atoms with Crippen LogP contribution in [0.1, 0.15) is 33.1 Å². The second-order valence-corrected chi connectivity index (χ2v) is 5.00. The number of ether oxygens (including phenoxy) is 1. The fourth-order valence-corrected chi connectivity index (χ4v) is 2.34. The van der Waals surface area contributed by atoms with E-state index in [0.717, 1.165) is 0 Å². The summed E-state index contributed by atoms with van der Waals surface area (Å²) in [6, 6.07) is 0. The van der Waals surface area contributed by atoms with Crippen LogP contribution in [0.5, 0.6) is 0 Å². The summed E-state index contributed by atoms with van der Waals surface area (Å²) >= 11 is 0. The van der Waals surface area contributed by atoms with E-state index in [0.29, 0.717) is 39.1 Å². The predicted octanol–water partition coefficient (Wildman–Crippen LogP) is 0.0119. The highest BCUT2D eigenvalue weighted by Gasteiger charge is 2.34. The normalized spacial score (nSPS) is 19.7. The van der Waals surface area contributed by atoms with Crippen LogP contribution in [0.15, 0.2) is 0 Å². The van der Waals surface area contributed by atoms with Crippen LogP contribution >= 0.6 is 0 Å². The van der Waals surface area contributed by atoms with Gasteiger partial charge in [0, 0.05) is 26.4 Å². The average Bonchev–Trinajstić information content (AvgIpc) is 2.28. The molecule has 1 fully saturated rings. The van der Waals surface area contributed by atoms with Crippen molar-refractivity contribution in [2.75, 3.05) is 26.3 Å². The van der Waals surface area contributed by atoms with Crippen LogP contribution in [-0.4, -0.2) is 59.0 Å². The molecule has 1 rings (SSSR count). The second-order valence-electron chi connectivity index (χ2n) is 5.00. The Morgan fingerprint density at radius 3 is 2.47 bits per heavy atom. The maximum atomic E-state index is 11.8. The standard InChI is InChI=1S/C12H23N3O4/c1-10(16)15(14-6-8-19-9-7-14)12(2,13)5-3-4-11(17)18/h3-9,13H2,1-2H3,(H,17,18). The number of rotatable bonds is 6. The molecule has 1 saturated heterocycles. The van der Waals surface area contributed by atoms with E-state index in [4.69, 9.17) is 15.6 Å². The summed E-state index contributed by atoms with van der Waals surface area (Å²) in [5.41, 5.74) is 5.33. The lowest BCUT2D eigenvalue weighted by atomic mass is 10.0. The highest BCUT2D eigenvalue weighted by atomic mass is 16.5. The van der Waals surface area contributed by atoms with Crippen molar-refractivity contribution in [2.45, 2.75) is 38.8 Å². The maximum Gasteiger partial charge on any atom is 0.303 e. The summed E-state index contributed by atoms with van der Waals surface area (Å²) in [5, 5.41) is 12.1. The Morgan fingerprint density at radius 2 is 2.00 bits per heavy atom. The molecule has 0 aromatic rings. The van der Waals surface area contributed by atoms with Crippen molar-refractivity contribution >= 4 is 11.9 Å². The van der Waals surface area contributed by atoms with Crippen molar-refractivity contribution < 1.29 is 19.4 Å². The van der Waals surface area contributed by atoms with Gasteiger partial charge in [0.05, 0.1) is 13.2 Å². The van der Waals surface area contributed by atoms with Crippen molar-refractivity contribution in [1.82, 2.24) is 10.0 Å². The van der Waals surface area contributed by atoms with Gasteiger partial charge in [0.25, 0.3) is 0 Å². The quantitative estimate of drug-likeness (QED) is 0.662. The molecule has 1 aliphatic rings. The Balaban J connectivity index is 2.66. The topological polar surface area (TPSA) is 96.1 Å². The van der Waals surface area contributed by atoms with E-state index < -0.39 is 11.6 Å². The Hall–Kier alpha value is -1.18. The first-order valence-electron chi connectivity index (χ1n) is 6.48. The number of carbonyl (C=O) groups excluding carboxylic acids is 1. The second kappa shape index (κ2) is 6.83. The van der Waals surface area contributed by atoms with Gasteiger partial charge in [0.1, 0.15) is 5.66 Å². The first-order valence-corrected chi connectivity index (χ1v) is 6.48. The Labute approximate surface area is 113 Å². The van der Waals surface area contributed by atoms with Gasteiger partial charge in [-0.3, -0.25) is 14.6 Å². The number of nitrogens with two attached hydrogens (primary N) is 1.